The van der Waals surface area contributed by atoms with E-state index in [4.69, 9.17) is 10.5 Å². The molecule has 0 aliphatic rings. The average Bonchev–Trinajstić information content (AvgIpc) is 2.33. The van der Waals surface area contributed by atoms with Gasteiger partial charge in [-0.1, -0.05) is 12.1 Å². The second-order valence-electron chi connectivity index (χ2n) is 3.44. The Morgan fingerprint density at radius 3 is 2.59 bits per heavy atom. The highest BCUT2D eigenvalue weighted by Gasteiger charge is 2.06. The van der Waals surface area contributed by atoms with E-state index in [1.165, 1.54) is 0 Å². The van der Waals surface area contributed by atoms with Crippen molar-refractivity contribution < 1.29 is 4.74 Å². The van der Waals surface area contributed by atoms with Crippen LogP contribution in [0.5, 0.6) is 11.5 Å². The van der Waals surface area contributed by atoms with Crippen molar-refractivity contribution >= 4 is 33.4 Å². The Hall–Kier alpha value is -1.13. The number of rotatable bonds is 3. The first kappa shape index (κ1) is 12.3. The number of hydrogen-bond acceptors (Lipinski definition) is 3. The summed E-state index contributed by atoms with van der Waals surface area (Å²) in [5, 5.41) is 0. The number of ether oxygens (including phenoxy) is 1. The largest absolute Gasteiger partial charge is 0.455 e. The molecule has 0 saturated carbocycles. The third-order valence-electron chi connectivity index (χ3n) is 2.24. The Labute approximate surface area is 113 Å². The minimum Gasteiger partial charge on any atom is -0.455 e. The molecule has 0 amide bonds. The minimum atomic E-state index is 0.711. The molecule has 4 heteroatoms. The predicted octanol–water partition coefficient (Wildman–Crippen LogP) is 4.55. The molecule has 0 aliphatic heterocycles. The molecule has 0 atom stereocenters. The number of thioether (sulfide) groups is 1. The number of halogens is 1. The van der Waals surface area contributed by atoms with Gasteiger partial charge < -0.3 is 10.5 Å². The Morgan fingerprint density at radius 1 is 1.12 bits per heavy atom. The van der Waals surface area contributed by atoms with E-state index < -0.39 is 0 Å². The van der Waals surface area contributed by atoms with Crippen LogP contribution < -0.4 is 10.5 Å². The van der Waals surface area contributed by atoms with E-state index in [9.17, 15) is 0 Å². The molecule has 0 aromatic heterocycles. The first-order valence-corrected chi connectivity index (χ1v) is 7.08. The summed E-state index contributed by atoms with van der Waals surface area (Å²) in [7, 11) is 0. The second kappa shape index (κ2) is 5.47. The summed E-state index contributed by atoms with van der Waals surface area (Å²) >= 11 is 5.10. The normalized spacial score (nSPS) is 10.2. The molecule has 0 heterocycles. The van der Waals surface area contributed by atoms with E-state index in [2.05, 4.69) is 15.9 Å². The van der Waals surface area contributed by atoms with E-state index in [-0.39, 0.29) is 0 Å². The molecule has 2 N–H and O–H groups in total. The molecule has 2 rings (SSSR count). The fourth-order valence-electron chi connectivity index (χ4n) is 1.42. The molecule has 17 heavy (non-hydrogen) atoms. The first-order chi connectivity index (χ1) is 8.20. The zero-order valence-electron chi connectivity index (χ0n) is 9.31. The minimum absolute atomic E-state index is 0.711. The van der Waals surface area contributed by atoms with E-state index >= 15 is 0 Å². The van der Waals surface area contributed by atoms with Crippen molar-refractivity contribution in [2.24, 2.45) is 0 Å². The molecule has 0 unspecified atom stereocenters. The van der Waals surface area contributed by atoms with Gasteiger partial charge in [-0.15, -0.1) is 11.8 Å². The van der Waals surface area contributed by atoms with E-state index in [1.807, 2.05) is 48.7 Å². The predicted molar refractivity (Wildman–Crippen MR) is 76.9 cm³/mol. The number of para-hydroxylation sites is 1. The Balaban J connectivity index is 2.31. The van der Waals surface area contributed by atoms with Gasteiger partial charge in [-0.25, -0.2) is 0 Å². The van der Waals surface area contributed by atoms with Gasteiger partial charge in [0.05, 0.1) is 4.47 Å². The van der Waals surface area contributed by atoms with Crippen LogP contribution in [0.4, 0.5) is 5.69 Å². The molecule has 0 bridgehead atoms. The number of benzene rings is 2. The van der Waals surface area contributed by atoms with Gasteiger partial charge in [-0.3, -0.25) is 0 Å². The van der Waals surface area contributed by atoms with Crippen molar-refractivity contribution in [3.63, 3.8) is 0 Å². The maximum absolute atomic E-state index is 5.86. The van der Waals surface area contributed by atoms with Crippen molar-refractivity contribution in [1.82, 2.24) is 0 Å². The number of hydrogen-bond donors (Lipinski definition) is 1. The second-order valence-corrected chi connectivity index (χ2v) is 5.15. The van der Waals surface area contributed by atoms with Gasteiger partial charge in [0, 0.05) is 10.6 Å². The van der Waals surface area contributed by atoms with E-state index in [0.29, 0.717) is 5.69 Å². The third kappa shape index (κ3) is 2.96. The number of nitrogen functional groups attached to an aromatic ring is 1. The van der Waals surface area contributed by atoms with Gasteiger partial charge in [0.15, 0.2) is 0 Å². The number of nitrogens with two attached hydrogens (primary N) is 1. The highest BCUT2D eigenvalue weighted by Crippen LogP contribution is 2.35. The monoisotopic (exact) mass is 309 g/mol. The van der Waals surface area contributed by atoms with Crippen molar-refractivity contribution in [2.45, 2.75) is 4.90 Å². The Morgan fingerprint density at radius 2 is 1.88 bits per heavy atom. The summed E-state index contributed by atoms with van der Waals surface area (Å²) in [6.07, 6.45) is 2.03. The van der Waals surface area contributed by atoms with Gasteiger partial charge in [-0.2, -0.15) is 0 Å². The third-order valence-corrected chi connectivity index (χ3v) is 3.64. The lowest BCUT2D eigenvalue weighted by Crippen LogP contribution is -1.89. The summed E-state index contributed by atoms with van der Waals surface area (Å²) < 4.78 is 6.72. The smallest absolute Gasteiger partial charge is 0.141 e. The molecule has 88 valence electrons. The van der Waals surface area contributed by atoms with Crippen LogP contribution in [-0.2, 0) is 0 Å². The zero-order chi connectivity index (χ0) is 12.3. The van der Waals surface area contributed by atoms with Crippen LogP contribution in [0, 0.1) is 0 Å². The standard InChI is InChI=1S/C13H12BrNOS/c1-17-13-5-3-2-4-12(13)16-11-7-6-9(15)8-10(11)14/h2-8H,15H2,1H3. The number of anilines is 1. The van der Waals surface area contributed by atoms with Crippen LogP contribution >= 0.6 is 27.7 Å². The van der Waals surface area contributed by atoms with Crippen LogP contribution in [0.1, 0.15) is 0 Å². The summed E-state index contributed by atoms with van der Waals surface area (Å²) in [6, 6.07) is 13.5. The van der Waals surface area contributed by atoms with Crippen LogP contribution in [0.15, 0.2) is 51.8 Å². The lowest BCUT2D eigenvalue weighted by atomic mass is 10.3. The molecular formula is C13H12BrNOS. The highest BCUT2D eigenvalue weighted by molar-refractivity contribution is 9.10. The quantitative estimate of drug-likeness (QED) is 0.667. The Kier molecular flexibility index (Phi) is 3.97. The maximum atomic E-state index is 5.86. The summed E-state index contributed by atoms with van der Waals surface area (Å²) in [6.45, 7) is 0. The van der Waals surface area contributed by atoms with Gasteiger partial charge in [0.2, 0.25) is 0 Å². The van der Waals surface area contributed by atoms with Crippen LogP contribution in [0.3, 0.4) is 0 Å². The lowest BCUT2D eigenvalue weighted by Gasteiger charge is -2.11. The molecule has 0 radical (unpaired) electrons. The molecule has 2 aromatic carbocycles. The summed E-state index contributed by atoms with van der Waals surface area (Å²) in [4.78, 5) is 1.11. The molecule has 0 saturated heterocycles. The first-order valence-electron chi connectivity index (χ1n) is 5.06. The molecule has 0 aliphatic carbocycles. The van der Waals surface area contributed by atoms with Gasteiger partial charge in [0.1, 0.15) is 11.5 Å². The molecule has 0 fully saturated rings. The average molecular weight is 310 g/mol. The van der Waals surface area contributed by atoms with E-state index in [0.717, 1.165) is 20.9 Å². The molecular weight excluding hydrogens is 298 g/mol. The lowest BCUT2D eigenvalue weighted by molar-refractivity contribution is 0.468. The molecule has 0 spiro atoms. The summed E-state index contributed by atoms with van der Waals surface area (Å²) in [5.74, 6) is 1.62. The molecule has 2 nitrogen and oxygen atoms in total. The van der Waals surface area contributed by atoms with Crippen molar-refractivity contribution in [3.8, 4) is 11.5 Å². The fraction of sp³-hybridized carbons (Fsp3) is 0.0769. The van der Waals surface area contributed by atoms with Crippen molar-refractivity contribution in [3.05, 3.63) is 46.9 Å². The maximum Gasteiger partial charge on any atom is 0.141 e. The van der Waals surface area contributed by atoms with Crippen LogP contribution in [0.2, 0.25) is 0 Å². The highest BCUT2D eigenvalue weighted by atomic mass is 79.9. The topological polar surface area (TPSA) is 35.2 Å². The van der Waals surface area contributed by atoms with Crippen molar-refractivity contribution in [1.29, 1.82) is 0 Å². The SMILES string of the molecule is CSc1ccccc1Oc1ccc(N)cc1Br. The molecule has 2 aromatic rings. The van der Waals surface area contributed by atoms with Crippen LogP contribution in [0.25, 0.3) is 0 Å². The summed E-state index contributed by atoms with van der Waals surface area (Å²) in [5.41, 5.74) is 6.40. The van der Waals surface area contributed by atoms with E-state index in [1.54, 1.807) is 11.8 Å². The Bertz CT molecular complexity index is 531. The van der Waals surface area contributed by atoms with Gasteiger partial charge in [0.25, 0.3) is 0 Å². The van der Waals surface area contributed by atoms with Gasteiger partial charge >= 0.3 is 0 Å². The van der Waals surface area contributed by atoms with Gasteiger partial charge in [-0.05, 0) is 52.5 Å². The van der Waals surface area contributed by atoms with Crippen LogP contribution in [-0.4, -0.2) is 6.26 Å². The van der Waals surface area contributed by atoms with Crippen molar-refractivity contribution in [2.75, 3.05) is 12.0 Å². The fourth-order valence-corrected chi connectivity index (χ4v) is 2.42. The zero-order valence-corrected chi connectivity index (χ0v) is 11.7.